The highest BCUT2D eigenvalue weighted by Crippen LogP contribution is 2.09. The van der Waals surface area contributed by atoms with Crippen molar-refractivity contribution in [1.82, 2.24) is 9.88 Å². The van der Waals surface area contributed by atoms with Crippen LogP contribution in [0.15, 0.2) is 41.3 Å². The van der Waals surface area contributed by atoms with Crippen molar-refractivity contribution in [3.8, 4) is 0 Å². The highest BCUT2D eigenvalue weighted by Gasteiger charge is 2.06. The summed E-state index contributed by atoms with van der Waals surface area (Å²) in [5.74, 6) is 0.630. The van der Waals surface area contributed by atoms with Crippen molar-refractivity contribution >= 4 is 10.9 Å². The molecular weight excluding hydrogens is 236 g/mol. The second-order valence-electron chi connectivity index (χ2n) is 5.38. The first kappa shape index (κ1) is 13.8. The Labute approximate surface area is 114 Å². The Hall–Kier alpha value is -1.61. The summed E-state index contributed by atoms with van der Waals surface area (Å²) in [5, 5.41) is 4.30. The molecule has 0 aliphatic heterocycles. The van der Waals surface area contributed by atoms with Gasteiger partial charge in [-0.05, 0) is 25.0 Å². The highest BCUT2D eigenvalue weighted by molar-refractivity contribution is 5.78. The van der Waals surface area contributed by atoms with E-state index in [-0.39, 0.29) is 5.43 Å². The number of nitrogens with zero attached hydrogens (tertiary/aromatic N) is 1. The van der Waals surface area contributed by atoms with Gasteiger partial charge >= 0.3 is 0 Å². The normalized spacial score (nSPS) is 13.1. The van der Waals surface area contributed by atoms with Gasteiger partial charge in [0.1, 0.15) is 0 Å². The molecule has 1 atom stereocenters. The molecule has 0 radical (unpaired) electrons. The first-order valence-corrected chi connectivity index (χ1v) is 6.91. The first-order chi connectivity index (χ1) is 9.09. The van der Waals surface area contributed by atoms with Gasteiger partial charge in [-0.25, -0.2) is 0 Å². The molecule has 0 aliphatic rings. The van der Waals surface area contributed by atoms with E-state index in [0.29, 0.717) is 12.0 Å². The number of aromatic nitrogens is 1. The van der Waals surface area contributed by atoms with Gasteiger partial charge in [0.25, 0.3) is 0 Å². The first-order valence-electron chi connectivity index (χ1n) is 6.91. The SMILES string of the molecule is CC(C)C(C)NCCn1ccc(=O)c2ccccc21. The minimum absolute atomic E-state index is 0.0929. The smallest absolute Gasteiger partial charge is 0.189 e. The highest BCUT2D eigenvalue weighted by atomic mass is 16.1. The van der Waals surface area contributed by atoms with E-state index in [1.54, 1.807) is 6.07 Å². The fourth-order valence-corrected chi connectivity index (χ4v) is 2.10. The minimum atomic E-state index is 0.0929. The van der Waals surface area contributed by atoms with Crippen LogP contribution in [0.1, 0.15) is 20.8 Å². The zero-order chi connectivity index (χ0) is 13.8. The van der Waals surface area contributed by atoms with E-state index in [2.05, 4.69) is 30.7 Å². The predicted octanol–water partition coefficient (Wildman–Crippen LogP) is 2.64. The maximum atomic E-state index is 11.8. The molecule has 2 rings (SSSR count). The minimum Gasteiger partial charge on any atom is -0.346 e. The molecule has 2 aromatic rings. The van der Waals surface area contributed by atoms with Crippen LogP contribution in [0.3, 0.4) is 0 Å². The molecule has 1 unspecified atom stereocenters. The number of nitrogens with one attached hydrogen (secondary N) is 1. The van der Waals surface area contributed by atoms with Crippen molar-refractivity contribution in [2.24, 2.45) is 5.92 Å². The Morgan fingerprint density at radius 1 is 1.16 bits per heavy atom. The van der Waals surface area contributed by atoms with Gasteiger partial charge in [0.15, 0.2) is 5.43 Å². The Balaban J connectivity index is 2.13. The lowest BCUT2D eigenvalue weighted by molar-refractivity contribution is 0.418. The number of hydrogen-bond donors (Lipinski definition) is 1. The van der Waals surface area contributed by atoms with Crippen LogP contribution in [0.4, 0.5) is 0 Å². The van der Waals surface area contributed by atoms with Gasteiger partial charge in [0.05, 0.1) is 5.52 Å². The van der Waals surface area contributed by atoms with E-state index in [1.165, 1.54) is 0 Å². The lowest BCUT2D eigenvalue weighted by atomic mass is 10.1. The molecule has 1 aromatic heterocycles. The molecule has 0 spiro atoms. The molecule has 3 heteroatoms. The third kappa shape index (κ3) is 3.24. The zero-order valence-electron chi connectivity index (χ0n) is 11.9. The van der Waals surface area contributed by atoms with Crippen molar-refractivity contribution in [2.75, 3.05) is 6.54 Å². The molecule has 0 fully saturated rings. The summed E-state index contributed by atoms with van der Waals surface area (Å²) in [6.07, 6.45) is 1.88. The Kier molecular flexibility index (Phi) is 4.38. The lowest BCUT2D eigenvalue weighted by Crippen LogP contribution is -2.33. The monoisotopic (exact) mass is 258 g/mol. The molecule has 0 bridgehead atoms. The molecule has 1 N–H and O–H groups in total. The lowest BCUT2D eigenvalue weighted by Gasteiger charge is -2.18. The average molecular weight is 258 g/mol. The molecule has 3 nitrogen and oxygen atoms in total. The van der Waals surface area contributed by atoms with E-state index < -0.39 is 0 Å². The molecule has 1 heterocycles. The second-order valence-corrected chi connectivity index (χ2v) is 5.38. The van der Waals surface area contributed by atoms with Gasteiger partial charge in [0, 0.05) is 36.8 Å². The van der Waals surface area contributed by atoms with Gasteiger partial charge in [-0.2, -0.15) is 0 Å². The van der Waals surface area contributed by atoms with Crippen molar-refractivity contribution in [3.05, 3.63) is 46.8 Å². The van der Waals surface area contributed by atoms with Crippen LogP contribution in [0, 0.1) is 5.92 Å². The topological polar surface area (TPSA) is 34.0 Å². The zero-order valence-corrected chi connectivity index (χ0v) is 11.9. The van der Waals surface area contributed by atoms with Gasteiger partial charge in [-0.3, -0.25) is 4.79 Å². The predicted molar refractivity (Wildman–Crippen MR) is 80.5 cm³/mol. The quantitative estimate of drug-likeness (QED) is 0.894. The fourth-order valence-electron chi connectivity index (χ4n) is 2.10. The van der Waals surface area contributed by atoms with Crippen LogP contribution in [0.2, 0.25) is 0 Å². The largest absolute Gasteiger partial charge is 0.346 e. The summed E-state index contributed by atoms with van der Waals surface area (Å²) < 4.78 is 2.14. The fraction of sp³-hybridized carbons (Fsp3) is 0.438. The van der Waals surface area contributed by atoms with E-state index >= 15 is 0 Å². The van der Waals surface area contributed by atoms with Crippen molar-refractivity contribution in [3.63, 3.8) is 0 Å². The Bertz CT molecular complexity index is 601. The summed E-state index contributed by atoms with van der Waals surface area (Å²) >= 11 is 0. The molecule has 0 saturated heterocycles. The van der Waals surface area contributed by atoms with Crippen LogP contribution < -0.4 is 10.7 Å². The number of benzene rings is 1. The van der Waals surface area contributed by atoms with Crippen molar-refractivity contribution in [2.45, 2.75) is 33.4 Å². The van der Waals surface area contributed by atoms with Crippen LogP contribution in [-0.4, -0.2) is 17.2 Å². The van der Waals surface area contributed by atoms with E-state index in [0.717, 1.165) is 24.0 Å². The van der Waals surface area contributed by atoms with E-state index in [4.69, 9.17) is 0 Å². The Morgan fingerprint density at radius 2 is 1.89 bits per heavy atom. The van der Waals surface area contributed by atoms with Crippen LogP contribution >= 0.6 is 0 Å². The van der Waals surface area contributed by atoms with Crippen LogP contribution in [-0.2, 0) is 6.54 Å². The van der Waals surface area contributed by atoms with Gasteiger partial charge in [0.2, 0.25) is 0 Å². The van der Waals surface area contributed by atoms with Crippen molar-refractivity contribution in [1.29, 1.82) is 0 Å². The summed E-state index contributed by atoms with van der Waals surface area (Å²) in [4.78, 5) is 11.8. The van der Waals surface area contributed by atoms with E-state index in [9.17, 15) is 4.79 Å². The molecule has 0 amide bonds. The van der Waals surface area contributed by atoms with Crippen LogP contribution in [0.5, 0.6) is 0 Å². The average Bonchev–Trinajstić information content (AvgIpc) is 2.41. The molecule has 0 aliphatic carbocycles. The standard InChI is InChI=1S/C16H22N2O/c1-12(2)13(3)17-9-11-18-10-8-16(19)14-6-4-5-7-15(14)18/h4-8,10,12-13,17H,9,11H2,1-3H3. The molecule has 1 aromatic carbocycles. The molecule has 19 heavy (non-hydrogen) atoms. The number of fused-ring (bicyclic) bond motifs is 1. The summed E-state index contributed by atoms with van der Waals surface area (Å²) in [7, 11) is 0. The Morgan fingerprint density at radius 3 is 2.63 bits per heavy atom. The summed E-state index contributed by atoms with van der Waals surface area (Å²) in [6, 6.07) is 9.93. The maximum absolute atomic E-state index is 11.8. The maximum Gasteiger partial charge on any atom is 0.189 e. The van der Waals surface area contributed by atoms with Gasteiger partial charge < -0.3 is 9.88 Å². The number of hydrogen-bond acceptors (Lipinski definition) is 2. The summed E-state index contributed by atoms with van der Waals surface area (Å²) in [5.41, 5.74) is 1.10. The van der Waals surface area contributed by atoms with Gasteiger partial charge in [-0.1, -0.05) is 26.0 Å². The number of para-hydroxylation sites is 1. The third-order valence-electron chi connectivity index (χ3n) is 3.70. The van der Waals surface area contributed by atoms with Crippen molar-refractivity contribution < 1.29 is 0 Å². The van der Waals surface area contributed by atoms with Crippen LogP contribution in [0.25, 0.3) is 10.9 Å². The summed E-state index contributed by atoms with van der Waals surface area (Å²) in [6.45, 7) is 8.41. The molecule has 0 saturated carbocycles. The molecule has 102 valence electrons. The van der Waals surface area contributed by atoms with Gasteiger partial charge in [-0.15, -0.1) is 0 Å². The number of rotatable bonds is 5. The molecular formula is C16H22N2O. The number of pyridine rings is 1. The third-order valence-corrected chi connectivity index (χ3v) is 3.70. The second kappa shape index (κ2) is 6.02. The van der Waals surface area contributed by atoms with E-state index in [1.807, 2.05) is 30.5 Å².